The van der Waals surface area contributed by atoms with E-state index in [9.17, 15) is 4.79 Å². The highest BCUT2D eigenvalue weighted by molar-refractivity contribution is 5.91. The second kappa shape index (κ2) is 5.65. The van der Waals surface area contributed by atoms with E-state index in [0.29, 0.717) is 5.65 Å². The van der Waals surface area contributed by atoms with Gasteiger partial charge in [-0.25, -0.2) is 9.78 Å². The number of nitrogens with one attached hydrogen (secondary N) is 1. The normalized spacial score (nSPS) is 11.5. The zero-order chi connectivity index (χ0) is 14.8. The number of aromatic amines is 1. The van der Waals surface area contributed by atoms with Crippen LogP contribution in [0.25, 0.3) is 16.6 Å². The van der Waals surface area contributed by atoms with Crippen LogP contribution >= 0.6 is 0 Å². The summed E-state index contributed by atoms with van der Waals surface area (Å²) in [5.41, 5.74) is 2.11. The largest absolute Gasteiger partial charge is 0.388 e. The molecular formula is C15H18N4O2. The summed E-state index contributed by atoms with van der Waals surface area (Å²) in [5.74, 6) is 0.254. The summed E-state index contributed by atoms with van der Waals surface area (Å²) >= 11 is 0. The molecule has 3 rings (SSSR count). The number of rotatable bonds is 5. The van der Waals surface area contributed by atoms with E-state index in [1.54, 1.807) is 0 Å². The number of aromatic nitrogens is 4. The summed E-state index contributed by atoms with van der Waals surface area (Å²) in [6, 6.07) is 5.99. The van der Waals surface area contributed by atoms with Crippen LogP contribution in [0, 0.1) is 0 Å². The minimum atomic E-state index is -0.344. The van der Waals surface area contributed by atoms with Gasteiger partial charge < -0.3 is 10.1 Å². The topological polar surface area (TPSA) is 83.3 Å². The Kier molecular flexibility index (Phi) is 3.70. The van der Waals surface area contributed by atoms with Crippen LogP contribution in [-0.2, 0) is 13.0 Å². The van der Waals surface area contributed by atoms with Crippen LogP contribution in [0.3, 0.4) is 0 Å². The lowest BCUT2D eigenvalue weighted by atomic mass is 10.1. The minimum Gasteiger partial charge on any atom is -0.388 e. The van der Waals surface area contributed by atoms with Crippen LogP contribution < -0.4 is 5.69 Å². The predicted molar refractivity (Wildman–Crippen MR) is 80.3 cm³/mol. The highest BCUT2D eigenvalue weighted by atomic mass is 16.3. The number of H-pyrrole nitrogens is 1. The number of aliphatic hydroxyl groups excluding tert-OH is 1. The summed E-state index contributed by atoms with van der Waals surface area (Å²) < 4.78 is 1.21. The van der Waals surface area contributed by atoms with Gasteiger partial charge in [-0.2, -0.15) is 4.52 Å². The Morgan fingerprint density at radius 2 is 2.19 bits per heavy atom. The highest BCUT2D eigenvalue weighted by Crippen LogP contribution is 2.18. The molecule has 0 spiro atoms. The fraction of sp³-hybridized carbons (Fsp3) is 0.400. The maximum atomic E-state index is 11.9. The first-order chi connectivity index (χ1) is 10.2. The van der Waals surface area contributed by atoms with Gasteiger partial charge in [-0.3, -0.25) is 0 Å². The van der Waals surface area contributed by atoms with Crippen molar-refractivity contribution in [3.8, 4) is 0 Å². The molecule has 0 atom stereocenters. The number of unbranched alkanes of at least 4 members (excludes halogenated alkanes) is 2. The van der Waals surface area contributed by atoms with E-state index in [2.05, 4.69) is 22.0 Å². The van der Waals surface area contributed by atoms with Gasteiger partial charge in [0.05, 0.1) is 5.52 Å². The minimum absolute atomic E-state index is 0.254. The van der Waals surface area contributed by atoms with E-state index in [-0.39, 0.29) is 18.1 Å². The van der Waals surface area contributed by atoms with E-state index >= 15 is 0 Å². The zero-order valence-corrected chi connectivity index (χ0v) is 12.0. The third-order valence-corrected chi connectivity index (χ3v) is 3.62. The van der Waals surface area contributed by atoms with E-state index in [1.165, 1.54) is 22.9 Å². The standard InChI is InChI=1S/C15H18N4O2/c1-2-3-4-5-10-6-7-12-11(8-10)14-17-13(9-20)18-19(14)15(21)16-12/h6-8,20H,2-5,9H2,1H3,(H,16,21). The van der Waals surface area contributed by atoms with Crippen LogP contribution in [0.15, 0.2) is 23.0 Å². The molecule has 3 aromatic rings. The van der Waals surface area contributed by atoms with Crippen molar-refractivity contribution in [1.29, 1.82) is 0 Å². The molecule has 2 aromatic heterocycles. The molecule has 0 unspecified atom stereocenters. The average molecular weight is 286 g/mol. The van der Waals surface area contributed by atoms with Crippen molar-refractivity contribution in [2.75, 3.05) is 0 Å². The van der Waals surface area contributed by atoms with Crippen LogP contribution in [-0.4, -0.2) is 24.7 Å². The Morgan fingerprint density at radius 3 is 2.95 bits per heavy atom. The summed E-state index contributed by atoms with van der Waals surface area (Å²) in [7, 11) is 0. The molecule has 2 N–H and O–H groups in total. The lowest BCUT2D eigenvalue weighted by Crippen LogP contribution is -2.17. The maximum Gasteiger partial charge on any atom is 0.348 e. The maximum absolute atomic E-state index is 11.9. The van der Waals surface area contributed by atoms with Gasteiger partial charge in [-0.05, 0) is 30.5 Å². The molecule has 0 saturated carbocycles. The number of benzene rings is 1. The van der Waals surface area contributed by atoms with Crippen LogP contribution in [0.4, 0.5) is 0 Å². The number of fused-ring (bicyclic) bond motifs is 3. The first kappa shape index (κ1) is 13.8. The predicted octanol–water partition coefficient (Wildman–Crippen LogP) is 1.80. The molecule has 0 radical (unpaired) electrons. The Balaban J connectivity index is 2.13. The Labute approximate surface area is 121 Å². The van der Waals surface area contributed by atoms with Gasteiger partial charge in [0.2, 0.25) is 0 Å². The van der Waals surface area contributed by atoms with Gasteiger partial charge in [0.15, 0.2) is 11.5 Å². The molecule has 0 aliphatic heterocycles. The molecule has 0 fully saturated rings. The first-order valence-corrected chi connectivity index (χ1v) is 7.24. The zero-order valence-electron chi connectivity index (χ0n) is 12.0. The van der Waals surface area contributed by atoms with Gasteiger partial charge in [0, 0.05) is 5.39 Å². The van der Waals surface area contributed by atoms with E-state index < -0.39 is 0 Å². The average Bonchev–Trinajstić information content (AvgIpc) is 2.93. The third-order valence-electron chi connectivity index (χ3n) is 3.62. The fourth-order valence-corrected chi connectivity index (χ4v) is 2.53. The fourth-order valence-electron chi connectivity index (χ4n) is 2.53. The molecule has 21 heavy (non-hydrogen) atoms. The first-order valence-electron chi connectivity index (χ1n) is 7.24. The lowest BCUT2D eigenvalue weighted by molar-refractivity contribution is 0.271. The van der Waals surface area contributed by atoms with E-state index in [4.69, 9.17) is 5.11 Å². The van der Waals surface area contributed by atoms with Crippen molar-refractivity contribution in [3.63, 3.8) is 0 Å². The molecule has 0 aliphatic rings. The number of hydrogen-bond acceptors (Lipinski definition) is 4. The van der Waals surface area contributed by atoms with E-state index in [0.717, 1.165) is 23.7 Å². The molecule has 1 aromatic carbocycles. The molecule has 0 amide bonds. The van der Waals surface area contributed by atoms with Crippen LogP contribution in [0.2, 0.25) is 0 Å². The van der Waals surface area contributed by atoms with Crippen molar-refractivity contribution in [1.82, 2.24) is 19.6 Å². The Morgan fingerprint density at radius 1 is 1.33 bits per heavy atom. The summed E-state index contributed by atoms with van der Waals surface area (Å²) in [6.07, 6.45) is 4.56. The van der Waals surface area contributed by atoms with Crippen molar-refractivity contribution < 1.29 is 5.11 Å². The Bertz CT molecular complexity index is 835. The SMILES string of the molecule is CCCCCc1ccc2[nH]c(=O)n3nc(CO)nc3c2c1. The molecule has 110 valence electrons. The van der Waals surface area contributed by atoms with Gasteiger partial charge in [-0.1, -0.05) is 25.8 Å². The highest BCUT2D eigenvalue weighted by Gasteiger charge is 2.10. The molecule has 6 nitrogen and oxygen atoms in total. The molecule has 0 saturated heterocycles. The second-order valence-corrected chi connectivity index (χ2v) is 5.19. The molecule has 0 bridgehead atoms. The quantitative estimate of drug-likeness (QED) is 0.700. The summed E-state index contributed by atoms with van der Waals surface area (Å²) in [6.45, 7) is 1.90. The second-order valence-electron chi connectivity index (χ2n) is 5.19. The smallest absolute Gasteiger partial charge is 0.348 e. The monoisotopic (exact) mass is 286 g/mol. The Hall–Kier alpha value is -2.21. The molecule has 6 heteroatoms. The summed E-state index contributed by atoms with van der Waals surface area (Å²) in [5, 5.41) is 14.0. The molecular weight excluding hydrogens is 268 g/mol. The van der Waals surface area contributed by atoms with Crippen molar-refractivity contribution in [3.05, 3.63) is 40.1 Å². The van der Waals surface area contributed by atoms with E-state index in [1.807, 2.05) is 18.2 Å². The number of aliphatic hydroxyl groups is 1. The van der Waals surface area contributed by atoms with Crippen molar-refractivity contribution in [2.45, 2.75) is 39.2 Å². The van der Waals surface area contributed by atoms with Gasteiger partial charge in [0.25, 0.3) is 0 Å². The van der Waals surface area contributed by atoms with Crippen molar-refractivity contribution in [2.24, 2.45) is 0 Å². The van der Waals surface area contributed by atoms with Crippen molar-refractivity contribution >= 4 is 16.6 Å². The number of aryl methyl sites for hydroxylation is 1. The summed E-state index contributed by atoms with van der Waals surface area (Å²) in [4.78, 5) is 19.0. The molecule has 2 heterocycles. The lowest BCUT2D eigenvalue weighted by Gasteiger charge is -2.04. The number of hydrogen-bond donors (Lipinski definition) is 2. The van der Waals surface area contributed by atoms with Gasteiger partial charge in [-0.15, -0.1) is 5.10 Å². The number of nitrogens with zero attached hydrogens (tertiary/aromatic N) is 3. The van der Waals surface area contributed by atoms with Gasteiger partial charge in [0.1, 0.15) is 6.61 Å². The molecule has 0 aliphatic carbocycles. The van der Waals surface area contributed by atoms with Gasteiger partial charge >= 0.3 is 5.69 Å². The van der Waals surface area contributed by atoms with Crippen LogP contribution in [0.1, 0.15) is 37.6 Å². The van der Waals surface area contributed by atoms with Crippen LogP contribution in [0.5, 0.6) is 0 Å². The third kappa shape index (κ3) is 2.54.